The molecule has 10 unspecified atom stereocenters. The molecule has 31 heavy (non-hydrogen) atoms. The van der Waals surface area contributed by atoms with E-state index in [1.54, 1.807) is 13.8 Å². The van der Waals surface area contributed by atoms with E-state index in [0.717, 1.165) is 6.42 Å². The maximum atomic E-state index is 10.7. The van der Waals surface area contributed by atoms with E-state index in [-0.39, 0.29) is 26.4 Å². The summed E-state index contributed by atoms with van der Waals surface area (Å²) in [6.45, 7) is 2.68. The fourth-order valence-electron chi connectivity index (χ4n) is 4.98. The van der Waals surface area contributed by atoms with Crippen LogP contribution in [0.5, 0.6) is 0 Å². The van der Waals surface area contributed by atoms with Gasteiger partial charge in [0.15, 0.2) is 6.29 Å². The molecule has 0 aromatic rings. The van der Waals surface area contributed by atoms with Crippen molar-refractivity contribution >= 4 is 0 Å². The van der Waals surface area contributed by atoms with Gasteiger partial charge in [0, 0.05) is 18.4 Å². The number of rotatable bonds is 2. The Morgan fingerprint density at radius 1 is 0.742 bits per heavy atom. The highest BCUT2D eigenvalue weighted by atomic mass is 16.7. The first kappa shape index (κ1) is 25.2. The molecular formula is C21H38O10. The van der Waals surface area contributed by atoms with Crippen LogP contribution < -0.4 is 0 Å². The molecule has 6 aliphatic heterocycles. The lowest BCUT2D eigenvalue weighted by atomic mass is 9.75. The minimum Gasteiger partial charge on any atom is -0.393 e. The highest BCUT2D eigenvalue weighted by Crippen LogP contribution is 2.39. The smallest absolute Gasteiger partial charge is 0.186 e. The van der Waals surface area contributed by atoms with Gasteiger partial charge in [-0.15, -0.1) is 0 Å². The summed E-state index contributed by atoms with van der Waals surface area (Å²) in [5.74, 6) is -1.22. The summed E-state index contributed by atoms with van der Waals surface area (Å²) in [6, 6.07) is 0. The van der Waals surface area contributed by atoms with Crippen LogP contribution in [0.25, 0.3) is 0 Å². The molecule has 182 valence electrons. The van der Waals surface area contributed by atoms with Gasteiger partial charge in [-0.05, 0) is 26.7 Å². The normalized spacial score (nSPS) is 50.3. The average Bonchev–Trinajstić information content (AvgIpc) is 2.75. The average molecular weight is 451 g/mol. The van der Waals surface area contributed by atoms with Crippen LogP contribution in [0, 0.1) is 11.8 Å². The van der Waals surface area contributed by atoms with Crippen LogP contribution in [-0.2, 0) is 18.9 Å². The predicted molar refractivity (Wildman–Crippen MR) is 107 cm³/mol. The van der Waals surface area contributed by atoms with Crippen molar-refractivity contribution in [3.8, 4) is 0 Å². The van der Waals surface area contributed by atoms with Gasteiger partial charge in [-0.1, -0.05) is 12.8 Å². The summed E-state index contributed by atoms with van der Waals surface area (Å²) in [7, 11) is 0. The fraction of sp³-hybridized carbons (Fsp3) is 1.00. The third-order valence-corrected chi connectivity index (χ3v) is 7.21. The Kier molecular flexibility index (Phi) is 8.34. The molecular weight excluding hydrogens is 412 g/mol. The van der Waals surface area contributed by atoms with Gasteiger partial charge in [0.1, 0.15) is 18.3 Å². The zero-order valence-corrected chi connectivity index (χ0v) is 18.3. The molecule has 6 saturated heterocycles. The van der Waals surface area contributed by atoms with E-state index in [2.05, 4.69) is 0 Å². The van der Waals surface area contributed by atoms with Crippen LogP contribution in [-0.4, -0.2) is 112 Å². The standard InChI is InChI=1S/C21H38O10/c1-20(10-22)12-6-4-3-5-7-29-19-18(27)16(25)13(21(2,11-23)31-19)8-28-9-14(30-20)17(26)15(12)24/h12-19,22-27H,3-11H2,1-2H3. The van der Waals surface area contributed by atoms with E-state index in [9.17, 15) is 30.6 Å². The lowest BCUT2D eigenvalue weighted by molar-refractivity contribution is -0.328. The molecule has 0 saturated carbocycles. The molecule has 0 spiro atoms. The largest absolute Gasteiger partial charge is 0.393 e. The lowest BCUT2D eigenvalue weighted by Gasteiger charge is -2.49. The summed E-state index contributed by atoms with van der Waals surface area (Å²) >= 11 is 0. The summed E-state index contributed by atoms with van der Waals surface area (Å²) in [5.41, 5.74) is -2.25. The van der Waals surface area contributed by atoms with Gasteiger partial charge < -0.3 is 49.6 Å². The van der Waals surface area contributed by atoms with Crippen LogP contribution >= 0.6 is 0 Å². The molecule has 6 fully saturated rings. The van der Waals surface area contributed by atoms with E-state index in [4.69, 9.17) is 18.9 Å². The maximum absolute atomic E-state index is 10.7. The molecule has 4 bridgehead atoms. The lowest BCUT2D eigenvalue weighted by Crippen LogP contribution is -2.64. The van der Waals surface area contributed by atoms with Gasteiger partial charge in [-0.2, -0.15) is 0 Å². The summed E-state index contributed by atoms with van der Waals surface area (Å²) < 4.78 is 23.2. The molecule has 10 nitrogen and oxygen atoms in total. The summed E-state index contributed by atoms with van der Waals surface area (Å²) in [5, 5.41) is 62.4. The molecule has 0 aliphatic carbocycles. The Morgan fingerprint density at radius 3 is 2.06 bits per heavy atom. The molecule has 0 radical (unpaired) electrons. The van der Waals surface area contributed by atoms with Crippen molar-refractivity contribution in [3.63, 3.8) is 0 Å². The number of hydrogen-bond acceptors (Lipinski definition) is 10. The molecule has 0 aromatic heterocycles. The molecule has 6 heterocycles. The Balaban J connectivity index is 1.82. The van der Waals surface area contributed by atoms with Crippen LogP contribution in [0.15, 0.2) is 0 Å². The first-order valence-electron chi connectivity index (χ1n) is 11.2. The molecule has 6 N–H and O–H groups in total. The third-order valence-electron chi connectivity index (χ3n) is 7.21. The second-order valence-electron chi connectivity index (χ2n) is 9.52. The van der Waals surface area contributed by atoms with Gasteiger partial charge in [0.05, 0.1) is 49.8 Å². The number of aliphatic hydroxyl groups excluding tert-OH is 6. The van der Waals surface area contributed by atoms with Gasteiger partial charge in [0.2, 0.25) is 0 Å². The molecule has 10 heteroatoms. The zero-order valence-electron chi connectivity index (χ0n) is 18.3. The Hall–Kier alpha value is -0.400. The van der Waals surface area contributed by atoms with Crippen LogP contribution in [0.1, 0.15) is 39.5 Å². The van der Waals surface area contributed by atoms with E-state index < -0.39 is 66.5 Å². The third kappa shape index (κ3) is 5.08. The highest BCUT2D eigenvalue weighted by Gasteiger charge is 2.53. The van der Waals surface area contributed by atoms with Crippen molar-refractivity contribution in [2.24, 2.45) is 11.8 Å². The first-order valence-corrected chi connectivity index (χ1v) is 11.2. The van der Waals surface area contributed by atoms with E-state index in [1.807, 2.05) is 0 Å². The van der Waals surface area contributed by atoms with Crippen molar-refractivity contribution in [2.45, 2.75) is 87.5 Å². The Morgan fingerprint density at radius 2 is 1.39 bits per heavy atom. The molecule has 0 aromatic carbocycles. The Labute approximate surface area is 182 Å². The van der Waals surface area contributed by atoms with Crippen LogP contribution in [0.3, 0.4) is 0 Å². The van der Waals surface area contributed by atoms with Crippen LogP contribution in [0.2, 0.25) is 0 Å². The second-order valence-corrected chi connectivity index (χ2v) is 9.52. The number of aliphatic hydroxyl groups is 6. The second kappa shape index (κ2) is 10.3. The van der Waals surface area contributed by atoms with E-state index in [1.165, 1.54) is 0 Å². The van der Waals surface area contributed by atoms with Crippen molar-refractivity contribution in [2.75, 3.05) is 33.0 Å². The minimum atomic E-state index is -1.30. The van der Waals surface area contributed by atoms with Gasteiger partial charge in [-0.3, -0.25) is 0 Å². The minimum absolute atomic E-state index is 0.0933. The molecule has 6 rings (SSSR count). The Bertz CT molecular complexity index is 578. The quantitative estimate of drug-likeness (QED) is 0.293. The number of hydrogen-bond donors (Lipinski definition) is 6. The topological polar surface area (TPSA) is 158 Å². The number of ether oxygens (including phenoxy) is 4. The SMILES string of the molecule is CC1(CO)OC2COCC3C(O)C(O)C(OCCCCCC1C(O)C2O)OC3(C)CO. The molecule has 10 atom stereocenters. The summed E-state index contributed by atoms with van der Waals surface area (Å²) in [4.78, 5) is 0. The molecule has 0 amide bonds. The van der Waals surface area contributed by atoms with Crippen molar-refractivity contribution < 1.29 is 49.6 Å². The zero-order chi connectivity index (χ0) is 22.8. The van der Waals surface area contributed by atoms with E-state index in [0.29, 0.717) is 19.3 Å². The van der Waals surface area contributed by atoms with Crippen LogP contribution in [0.4, 0.5) is 0 Å². The fourth-order valence-corrected chi connectivity index (χ4v) is 4.98. The monoisotopic (exact) mass is 450 g/mol. The van der Waals surface area contributed by atoms with Gasteiger partial charge >= 0.3 is 0 Å². The molecule has 6 aliphatic rings. The first-order chi connectivity index (χ1) is 14.7. The van der Waals surface area contributed by atoms with E-state index >= 15 is 0 Å². The van der Waals surface area contributed by atoms with Crippen molar-refractivity contribution in [1.82, 2.24) is 0 Å². The highest BCUT2D eigenvalue weighted by molar-refractivity contribution is 5.00. The maximum Gasteiger partial charge on any atom is 0.186 e. The van der Waals surface area contributed by atoms with Crippen molar-refractivity contribution in [3.05, 3.63) is 0 Å². The summed E-state index contributed by atoms with van der Waals surface area (Å²) in [6.07, 6.45) is -4.14. The predicted octanol–water partition coefficient (Wildman–Crippen LogP) is -1.47. The van der Waals surface area contributed by atoms with Crippen molar-refractivity contribution in [1.29, 1.82) is 0 Å². The van der Waals surface area contributed by atoms with Gasteiger partial charge in [-0.25, -0.2) is 0 Å². The van der Waals surface area contributed by atoms with Gasteiger partial charge in [0.25, 0.3) is 0 Å².